The van der Waals surface area contributed by atoms with Crippen LogP contribution in [-0.2, 0) is 6.54 Å². The maximum atomic E-state index is 5.92. The zero-order valence-corrected chi connectivity index (χ0v) is 14.7. The summed E-state index contributed by atoms with van der Waals surface area (Å²) in [5.74, 6) is 2.51. The highest BCUT2D eigenvalue weighted by Crippen LogP contribution is 2.38. The van der Waals surface area contributed by atoms with Gasteiger partial charge in [0.2, 0.25) is 5.89 Å². The molecule has 5 rings (SSSR count). The van der Waals surface area contributed by atoms with Crippen LogP contribution in [0.2, 0.25) is 0 Å². The highest BCUT2D eigenvalue weighted by atomic mass is 16.5. The minimum absolute atomic E-state index is 0.363. The molecule has 1 saturated heterocycles. The average Bonchev–Trinajstić information content (AvgIpc) is 3.21. The Morgan fingerprint density at radius 1 is 1.00 bits per heavy atom. The van der Waals surface area contributed by atoms with E-state index in [9.17, 15) is 0 Å². The fourth-order valence-electron chi connectivity index (χ4n) is 3.94. The number of hydrogen-bond donors (Lipinski definition) is 0. The Labute approximate surface area is 152 Å². The zero-order chi connectivity index (χ0) is 17.3. The smallest absolute Gasteiger partial charge is 0.209 e. The van der Waals surface area contributed by atoms with E-state index in [2.05, 4.69) is 22.0 Å². The predicted molar refractivity (Wildman–Crippen MR) is 98.4 cm³/mol. The topological polar surface area (TPSA) is 47.7 Å². The van der Waals surface area contributed by atoms with E-state index in [4.69, 9.17) is 13.9 Å². The molecule has 3 aromatic rings. The molecule has 3 heterocycles. The Morgan fingerprint density at radius 2 is 1.88 bits per heavy atom. The van der Waals surface area contributed by atoms with Gasteiger partial charge in [0, 0.05) is 12.5 Å². The SMILES string of the molecule is c1ccc2oc(CN3CCCC3c3ccc4c(c3)OCCCO4)nc2c1. The fourth-order valence-corrected chi connectivity index (χ4v) is 3.94. The van der Waals surface area contributed by atoms with E-state index in [0.29, 0.717) is 12.6 Å². The Hall–Kier alpha value is -2.53. The van der Waals surface area contributed by atoms with Gasteiger partial charge in [-0.25, -0.2) is 4.98 Å². The molecule has 0 saturated carbocycles. The lowest BCUT2D eigenvalue weighted by atomic mass is 10.0. The van der Waals surface area contributed by atoms with Gasteiger partial charge >= 0.3 is 0 Å². The molecular formula is C21H22N2O3. The third-order valence-corrected chi connectivity index (χ3v) is 5.20. The Balaban J connectivity index is 1.39. The molecule has 26 heavy (non-hydrogen) atoms. The first-order valence-corrected chi connectivity index (χ1v) is 9.35. The van der Waals surface area contributed by atoms with Gasteiger partial charge in [-0.3, -0.25) is 4.90 Å². The van der Waals surface area contributed by atoms with Gasteiger partial charge < -0.3 is 13.9 Å². The lowest BCUT2D eigenvalue weighted by Gasteiger charge is -2.24. The van der Waals surface area contributed by atoms with E-state index in [1.165, 1.54) is 12.0 Å². The second-order valence-electron chi connectivity index (χ2n) is 6.96. The molecule has 0 bridgehead atoms. The van der Waals surface area contributed by atoms with Crippen molar-refractivity contribution in [2.75, 3.05) is 19.8 Å². The molecular weight excluding hydrogens is 328 g/mol. The maximum Gasteiger partial charge on any atom is 0.209 e. The third kappa shape index (κ3) is 2.92. The molecule has 5 heteroatoms. The minimum atomic E-state index is 0.363. The number of para-hydroxylation sites is 2. The van der Waals surface area contributed by atoms with E-state index in [0.717, 1.165) is 61.0 Å². The van der Waals surface area contributed by atoms with Crippen LogP contribution in [0.5, 0.6) is 11.5 Å². The van der Waals surface area contributed by atoms with Crippen molar-refractivity contribution < 1.29 is 13.9 Å². The highest BCUT2D eigenvalue weighted by Gasteiger charge is 2.28. The largest absolute Gasteiger partial charge is 0.490 e. The molecule has 1 atom stereocenters. The standard InChI is InChI=1S/C21H22N2O3/c1-2-7-18-16(5-1)22-21(26-18)14-23-10-3-6-17(23)15-8-9-19-20(13-15)25-12-4-11-24-19/h1-2,5,7-9,13,17H,3-4,6,10-12,14H2. The van der Waals surface area contributed by atoms with Crippen LogP contribution in [0.15, 0.2) is 46.9 Å². The number of benzene rings is 2. The van der Waals surface area contributed by atoms with Crippen molar-refractivity contribution >= 4 is 11.1 Å². The molecule has 2 aliphatic heterocycles. The number of hydrogen-bond acceptors (Lipinski definition) is 5. The molecule has 134 valence electrons. The lowest BCUT2D eigenvalue weighted by Crippen LogP contribution is -2.23. The summed E-state index contributed by atoms with van der Waals surface area (Å²) >= 11 is 0. The molecule has 0 aliphatic carbocycles. The fraction of sp³-hybridized carbons (Fsp3) is 0.381. The quantitative estimate of drug-likeness (QED) is 0.704. The van der Waals surface area contributed by atoms with Gasteiger partial charge in [-0.2, -0.15) is 0 Å². The van der Waals surface area contributed by atoms with Crippen molar-refractivity contribution in [3.63, 3.8) is 0 Å². The van der Waals surface area contributed by atoms with E-state index in [1.807, 2.05) is 30.3 Å². The Bertz CT molecular complexity index is 888. The summed E-state index contributed by atoms with van der Waals surface area (Å²) in [6, 6.07) is 14.7. The molecule has 0 amide bonds. The first-order valence-electron chi connectivity index (χ1n) is 9.35. The Morgan fingerprint density at radius 3 is 2.81 bits per heavy atom. The second kappa shape index (κ2) is 6.65. The second-order valence-corrected chi connectivity index (χ2v) is 6.96. The van der Waals surface area contributed by atoms with Gasteiger partial charge in [-0.15, -0.1) is 0 Å². The number of oxazole rings is 1. The van der Waals surface area contributed by atoms with E-state index in [-0.39, 0.29) is 0 Å². The van der Waals surface area contributed by atoms with E-state index >= 15 is 0 Å². The monoisotopic (exact) mass is 350 g/mol. The number of rotatable bonds is 3. The molecule has 2 aromatic carbocycles. The average molecular weight is 350 g/mol. The summed E-state index contributed by atoms with van der Waals surface area (Å²) in [6.45, 7) is 3.22. The molecule has 1 unspecified atom stereocenters. The first kappa shape index (κ1) is 15.7. The van der Waals surface area contributed by atoms with Gasteiger partial charge in [0.25, 0.3) is 0 Å². The van der Waals surface area contributed by atoms with Crippen LogP contribution in [-0.4, -0.2) is 29.6 Å². The summed E-state index contributed by atoms with van der Waals surface area (Å²) in [5.41, 5.74) is 3.06. The molecule has 5 nitrogen and oxygen atoms in total. The van der Waals surface area contributed by atoms with Crippen molar-refractivity contribution in [1.29, 1.82) is 0 Å². The zero-order valence-electron chi connectivity index (χ0n) is 14.7. The Kier molecular flexibility index (Phi) is 4.02. The predicted octanol–water partition coefficient (Wildman–Crippen LogP) is 4.33. The van der Waals surface area contributed by atoms with Crippen molar-refractivity contribution in [2.45, 2.75) is 31.8 Å². The lowest BCUT2D eigenvalue weighted by molar-refractivity contribution is 0.225. The molecule has 0 spiro atoms. The summed E-state index contributed by atoms with van der Waals surface area (Å²) in [4.78, 5) is 7.08. The molecule has 0 radical (unpaired) electrons. The molecule has 1 fully saturated rings. The number of aromatic nitrogens is 1. The number of nitrogens with zero attached hydrogens (tertiary/aromatic N) is 2. The van der Waals surface area contributed by atoms with Gasteiger partial charge in [-0.05, 0) is 49.2 Å². The summed E-state index contributed by atoms with van der Waals surface area (Å²) in [5, 5.41) is 0. The molecule has 1 aromatic heterocycles. The summed E-state index contributed by atoms with van der Waals surface area (Å²) in [6.07, 6.45) is 3.25. The minimum Gasteiger partial charge on any atom is -0.490 e. The number of ether oxygens (including phenoxy) is 2. The third-order valence-electron chi connectivity index (χ3n) is 5.20. The van der Waals surface area contributed by atoms with Crippen LogP contribution in [0.4, 0.5) is 0 Å². The molecule has 0 N–H and O–H groups in total. The van der Waals surface area contributed by atoms with Gasteiger partial charge in [-0.1, -0.05) is 18.2 Å². The van der Waals surface area contributed by atoms with Crippen molar-refractivity contribution in [3.8, 4) is 11.5 Å². The van der Waals surface area contributed by atoms with E-state index in [1.54, 1.807) is 0 Å². The summed E-state index contributed by atoms with van der Waals surface area (Å²) in [7, 11) is 0. The van der Waals surface area contributed by atoms with Crippen molar-refractivity contribution in [2.24, 2.45) is 0 Å². The normalized spacial score (nSPS) is 20.4. The molecule has 2 aliphatic rings. The van der Waals surface area contributed by atoms with Gasteiger partial charge in [0.05, 0.1) is 19.8 Å². The van der Waals surface area contributed by atoms with Crippen LogP contribution >= 0.6 is 0 Å². The van der Waals surface area contributed by atoms with Gasteiger partial charge in [0.15, 0.2) is 17.1 Å². The maximum absolute atomic E-state index is 5.92. The van der Waals surface area contributed by atoms with E-state index < -0.39 is 0 Å². The van der Waals surface area contributed by atoms with Crippen LogP contribution in [0.3, 0.4) is 0 Å². The van der Waals surface area contributed by atoms with Crippen LogP contribution in [0.25, 0.3) is 11.1 Å². The van der Waals surface area contributed by atoms with Crippen LogP contribution < -0.4 is 9.47 Å². The van der Waals surface area contributed by atoms with Crippen molar-refractivity contribution in [1.82, 2.24) is 9.88 Å². The van der Waals surface area contributed by atoms with Crippen LogP contribution in [0.1, 0.15) is 36.8 Å². The highest BCUT2D eigenvalue weighted by molar-refractivity contribution is 5.72. The number of fused-ring (bicyclic) bond motifs is 2. The van der Waals surface area contributed by atoms with Gasteiger partial charge in [0.1, 0.15) is 5.52 Å². The first-order chi connectivity index (χ1) is 12.9. The summed E-state index contributed by atoms with van der Waals surface area (Å²) < 4.78 is 17.6. The number of likely N-dealkylation sites (tertiary alicyclic amines) is 1. The van der Waals surface area contributed by atoms with Crippen molar-refractivity contribution in [3.05, 3.63) is 53.9 Å². The van der Waals surface area contributed by atoms with Crippen LogP contribution in [0, 0.1) is 0 Å².